The van der Waals surface area contributed by atoms with Crippen LogP contribution in [0.15, 0.2) is 36.4 Å². The van der Waals surface area contributed by atoms with Gasteiger partial charge in [0, 0.05) is 52.9 Å². The van der Waals surface area contributed by atoms with Gasteiger partial charge >= 0.3 is 6.01 Å². The van der Waals surface area contributed by atoms with Gasteiger partial charge in [0.05, 0.1) is 11.1 Å². The van der Waals surface area contributed by atoms with Crippen molar-refractivity contribution in [1.82, 2.24) is 14.9 Å². The third-order valence-electron chi connectivity index (χ3n) is 9.83. The fourth-order valence-corrected chi connectivity index (χ4v) is 9.47. The second kappa shape index (κ2) is 10.5. The highest BCUT2D eigenvalue weighted by molar-refractivity contribution is 8.00. The van der Waals surface area contributed by atoms with Gasteiger partial charge in [0.1, 0.15) is 35.7 Å². The van der Waals surface area contributed by atoms with E-state index in [2.05, 4.69) is 20.7 Å². The summed E-state index contributed by atoms with van der Waals surface area (Å²) in [7, 11) is 0. The highest BCUT2D eigenvalue weighted by Gasteiger charge is 2.49. The Morgan fingerprint density at radius 1 is 1.07 bits per heavy atom. The second-order valence-electron chi connectivity index (χ2n) is 12.5. The van der Waals surface area contributed by atoms with Crippen LogP contribution in [0.25, 0.3) is 32.8 Å². The van der Waals surface area contributed by atoms with E-state index < -0.39 is 23.3 Å². The van der Waals surface area contributed by atoms with Crippen LogP contribution in [-0.2, 0) is 0 Å². The van der Waals surface area contributed by atoms with Gasteiger partial charge in [-0.2, -0.15) is 21.7 Å². The molecule has 3 aromatic carbocycles. The number of phenols is 1. The van der Waals surface area contributed by atoms with Gasteiger partial charge in [-0.1, -0.05) is 18.1 Å². The molecule has 0 spiro atoms. The van der Waals surface area contributed by atoms with Gasteiger partial charge in [-0.3, -0.25) is 4.90 Å². The Morgan fingerprint density at radius 2 is 1.89 bits per heavy atom. The molecule has 4 atom stereocenters. The fourth-order valence-electron chi connectivity index (χ4n) is 7.85. The maximum atomic E-state index is 16.8. The molecule has 0 radical (unpaired) electrons. The van der Waals surface area contributed by atoms with E-state index in [0.717, 1.165) is 45.3 Å². The summed E-state index contributed by atoms with van der Waals surface area (Å²) >= 11 is 2.01. The Bertz CT molecular complexity index is 1850. The standard InChI is InChI=1S/C34H31F3N4O2S/c1-2-24-28(36)9-4-19-12-21(42)13-27(29(19)24)25-7-8-26-31(30(25)37)38-33(39-32(26)40-16-22-5-6-23(17-40)44-22)43-18-34-10-3-11-41(34)15-20(35)14-34/h1,4,7-9,12-13,20,22-23,42H,3,5-6,10-11,14-18H2/t20-,22-,23+,34+/m1/s1. The first-order chi connectivity index (χ1) is 21.3. The smallest absolute Gasteiger partial charge is 0.319 e. The summed E-state index contributed by atoms with van der Waals surface area (Å²) < 4.78 is 52.3. The molecule has 4 aliphatic rings. The normalized spacial score (nSPS) is 26.4. The molecule has 0 unspecified atom stereocenters. The van der Waals surface area contributed by atoms with Crippen LogP contribution >= 0.6 is 11.8 Å². The number of hydrogen-bond donors (Lipinski definition) is 1. The predicted octanol–water partition coefficient (Wildman–Crippen LogP) is 6.45. The molecule has 1 aromatic heterocycles. The summed E-state index contributed by atoms with van der Waals surface area (Å²) in [4.78, 5) is 13.8. The maximum Gasteiger partial charge on any atom is 0.319 e. The number of alkyl halides is 1. The zero-order chi connectivity index (χ0) is 30.2. The molecule has 4 aromatic rings. The first kappa shape index (κ1) is 27.8. The number of rotatable bonds is 5. The summed E-state index contributed by atoms with van der Waals surface area (Å²) in [5.74, 6) is 1.67. The Morgan fingerprint density at radius 3 is 2.68 bits per heavy atom. The lowest BCUT2D eigenvalue weighted by molar-refractivity contribution is 0.107. The minimum Gasteiger partial charge on any atom is -0.508 e. The molecule has 1 N–H and O–H groups in total. The zero-order valence-corrected chi connectivity index (χ0v) is 24.8. The van der Waals surface area contributed by atoms with Crippen LogP contribution in [0.5, 0.6) is 11.8 Å². The van der Waals surface area contributed by atoms with E-state index in [0.29, 0.717) is 45.4 Å². The summed E-state index contributed by atoms with van der Waals surface area (Å²) in [6.07, 6.45) is 9.27. The average Bonchev–Trinajstić information content (AvgIpc) is 3.66. The molecule has 4 fully saturated rings. The molecule has 4 aliphatic heterocycles. The first-order valence-electron chi connectivity index (χ1n) is 15.2. The molecule has 0 amide bonds. The number of aromatic hydroxyl groups is 1. The van der Waals surface area contributed by atoms with Gasteiger partial charge in [0.25, 0.3) is 0 Å². The molecule has 6 nitrogen and oxygen atoms in total. The number of phenolic OH excluding ortho intramolecular Hbond substituents is 1. The molecule has 0 aliphatic carbocycles. The number of hydrogen-bond acceptors (Lipinski definition) is 7. The van der Waals surface area contributed by atoms with Gasteiger partial charge in [0.15, 0.2) is 5.82 Å². The van der Waals surface area contributed by atoms with E-state index in [1.165, 1.54) is 24.3 Å². The number of benzene rings is 3. The average molecular weight is 617 g/mol. The van der Waals surface area contributed by atoms with Crippen LogP contribution in [0.2, 0.25) is 0 Å². The SMILES string of the molecule is C#Cc1c(F)ccc2cc(O)cc(-c3ccc4c(N5C[C@H]6CC[C@@H](C5)S6)nc(OC[C@@]56CCCN5C[C@H](F)C6)nc4c3F)c12. The van der Waals surface area contributed by atoms with Gasteiger partial charge in [-0.25, -0.2) is 13.2 Å². The Labute approximate surface area is 257 Å². The molecule has 44 heavy (non-hydrogen) atoms. The number of terminal acetylenes is 1. The molecular weight excluding hydrogens is 585 g/mol. The quantitative estimate of drug-likeness (QED) is 0.259. The van der Waals surface area contributed by atoms with Crippen molar-refractivity contribution in [2.75, 3.05) is 37.7 Å². The second-order valence-corrected chi connectivity index (χ2v) is 14.1. The lowest BCUT2D eigenvalue weighted by atomic mass is 9.93. The van der Waals surface area contributed by atoms with Gasteiger partial charge in [-0.15, -0.1) is 6.42 Å². The molecule has 4 saturated heterocycles. The van der Waals surface area contributed by atoms with Crippen molar-refractivity contribution in [2.24, 2.45) is 0 Å². The summed E-state index contributed by atoms with van der Waals surface area (Å²) in [5.41, 5.74) is 0.0481. The fraction of sp³-hybridized carbons (Fsp3) is 0.412. The number of aromatic nitrogens is 2. The largest absolute Gasteiger partial charge is 0.508 e. The Kier molecular flexibility index (Phi) is 6.61. The van der Waals surface area contributed by atoms with E-state index in [4.69, 9.17) is 16.1 Å². The Balaban J connectivity index is 1.28. The van der Waals surface area contributed by atoms with Crippen molar-refractivity contribution in [1.29, 1.82) is 0 Å². The lowest BCUT2D eigenvalue weighted by Crippen LogP contribution is -2.43. The van der Waals surface area contributed by atoms with E-state index in [-0.39, 0.29) is 40.6 Å². The molecule has 2 bridgehead atoms. The number of fused-ring (bicyclic) bond motifs is 5. The van der Waals surface area contributed by atoms with Gasteiger partial charge < -0.3 is 14.7 Å². The summed E-state index contributed by atoms with van der Waals surface area (Å²) in [6.45, 7) is 3.04. The van der Waals surface area contributed by atoms with Gasteiger partial charge in [-0.05, 0) is 67.4 Å². The molecule has 8 rings (SSSR count). The number of ether oxygens (including phenoxy) is 1. The van der Waals surface area contributed by atoms with Crippen LogP contribution in [0.3, 0.4) is 0 Å². The van der Waals surface area contributed by atoms with E-state index >= 15 is 4.39 Å². The minimum atomic E-state index is -0.900. The Hall–Kier alpha value is -3.68. The number of thioether (sulfide) groups is 1. The third-order valence-corrected chi connectivity index (χ3v) is 11.4. The van der Waals surface area contributed by atoms with Crippen LogP contribution in [0.4, 0.5) is 19.0 Å². The molecule has 5 heterocycles. The number of halogens is 3. The van der Waals surface area contributed by atoms with Crippen molar-refractivity contribution in [3.8, 4) is 35.2 Å². The van der Waals surface area contributed by atoms with E-state index in [9.17, 15) is 13.9 Å². The highest BCUT2D eigenvalue weighted by Crippen LogP contribution is 2.44. The van der Waals surface area contributed by atoms with E-state index in [1.54, 1.807) is 12.1 Å². The monoisotopic (exact) mass is 616 g/mol. The molecule has 0 saturated carbocycles. The molecule has 10 heteroatoms. The number of anilines is 1. The predicted molar refractivity (Wildman–Crippen MR) is 167 cm³/mol. The maximum absolute atomic E-state index is 16.8. The van der Waals surface area contributed by atoms with Crippen LogP contribution in [0.1, 0.15) is 37.7 Å². The van der Waals surface area contributed by atoms with E-state index in [1.807, 2.05) is 11.8 Å². The van der Waals surface area contributed by atoms with Crippen molar-refractivity contribution < 1.29 is 23.0 Å². The van der Waals surface area contributed by atoms with Crippen molar-refractivity contribution >= 4 is 39.3 Å². The van der Waals surface area contributed by atoms with Crippen LogP contribution in [-0.4, -0.2) is 75.0 Å². The third kappa shape index (κ3) is 4.47. The zero-order valence-electron chi connectivity index (χ0n) is 24.0. The van der Waals surface area contributed by atoms with Crippen LogP contribution in [0, 0.1) is 24.0 Å². The lowest BCUT2D eigenvalue weighted by Gasteiger charge is -2.33. The molecule has 226 valence electrons. The minimum absolute atomic E-state index is 0.00575. The van der Waals surface area contributed by atoms with Crippen molar-refractivity contribution in [3.63, 3.8) is 0 Å². The highest BCUT2D eigenvalue weighted by atomic mass is 32.2. The summed E-state index contributed by atoms with van der Waals surface area (Å²) in [5, 5.41) is 12.9. The van der Waals surface area contributed by atoms with Crippen molar-refractivity contribution in [2.45, 2.75) is 54.3 Å². The topological polar surface area (TPSA) is 61.7 Å². The first-order valence-corrected chi connectivity index (χ1v) is 16.1. The van der Waals surface area contributed by atoms with Crippen LogP contribution < -0.4 is 9.64 Å². The summed E-state index contributed by atoms with van der Waals surface area (Å²) in [6, 6.07) is 9.08. The van der Waals surface area contributed by atoms with Crippen molar-refractivity contribution in [3.05, 3.63) is 53.6 Å². The number of nitrogens with zero attached hydrogens (tertiary/aromatic N) is 4. The molecular formula is C34H31F3N4O2S. The van der Waals surface area contributed by atoms with Gasteiger partial charge in [0.2, 0.25) is 0 Å².